The summed E-state index contributed by atoms with van der Waals surface area (Å²) in [5.74, 6) is 0. The molecule has 1 aliphatic carbocycles. The van der Waals surface area contributed by atoms with Crippen molar-refractivity contribution in [2.45, 2.75) is 48.7 Å². The first-order valence-electron chi connectivity index (χ1n) is 8.58. The fourth-order valence-electron chi connectivity index (χ4n) is 4.95. The number of rotatable bonds is 0. The second-order valence-corrected chi connectivity index (χ2v) is 8.82. The summed E-state index contributed by atoms with van der Waals surface area (Å²) in [6.07, 6.45) is 4.20. The molecule has 0 aromatic heterocycles. The van der Waals surface area contributed by atoms with Crippen LogP contribution in [0.25, 0.3) is 0 Å². The first kappa shape index (κ1) is 14.5. The lowest BCUT2D eigenvalue weighted by atomic mass is 9.71. The van der Waals surface area contributed by atoms with Crippen LogP contribution in [0.2, 0.25) is 0 Å². The summed E-state index contributed by atoms with van der Waals surface area (Å²) in [5.41, 5.74) is 3.38. The van der Waals surface area contributed by atoms with Gasteiger partial charge in [0.1, 0.15) is 11.1 Å². The number of fused-ring (bicyclic) bond motifs is 6. The van der Waals surface area contributed by atoms with E-state index in [1.54, 1.807) is 12.1 Å². The summed E-state index contributed by atoms with van der Waals surface area (Å²) in [5, 5.41) is 0. The Morgan fingerprint density at radius 2 is 1.71 bits per heavy atom. The third-order valence-corrected chi connectivity index (χ3v) is 7.41. The van der Waals surface area contributed by atoms with Crippen LogP contribution >= 0.6 is 0 Å². The molecule has 1 fully saturated rings. The summed E-state index contributed by atoms with van der Waals surface area (Å²) in [7, 11) is -3.47. The molecule has 1 saturated carbocycles. The number of sulfonamides is 1. The number of anilines is 1. The van der Waals surface area contributed by atoms with Crippen molar-refractivity contribution in [1.29, 1.82) is 0 Å². The normalized spacial score (nSPS) is 25.8. The lowest BCUT2D eigenvalue weighted by Gasteiger charge is -2.52. The van der Waals surface area contributed by atoms with Crippen molar-refractivity contribution < 1.29 is 8.42 Å². The molecule has 5 rings (SSSR count). The van der Waals surface area contributed by atoms with E-state index in [0.717, 1.165) is 37.9 Å². The Morgan fingerprint density at radius 3 is 2.54 bits per heavy atom. The summed E-state index contributed by atoms with van der Waals surface area (Å²) in [6.45, 7) is 0.752. The molecule has 2 aromatic carbocycles. The summed E-state index contributed by atoms with van der Waals surface area (Å²) in [6, 6.07) is 15.9. The average Bonchev–Trinajstić information content (AvgIpc) is 3.07. The lowest BCUT2D eigenvalue weighted by Crippen LogP contribution is -2.64. The van der Waals surface area contributed by atoms with Gasteiger partial charge in [-0.15, -0.1) is 0 Å². The number of hydrogen-bond acceptors (Lipinski definition) is 3. The quantitative estimate of drug-likeness (QED) is 0.801. The number of nitrogens with zero attached hydrogens (tertiary/aromatic N) is 1. The van der Waals surface area contributed by atoms with E-state index in [2.05, 4.69) is 33.9 Å². The van der Waals surface area contributed by atoms with E-state index in [-0.39, 0.29) is 11.6 Å². The van der Waals surface area contributed by atoms with Gasteiger partial charge in [-0.3, -0.25) is 0 Å². The van der Waals surface area contributed by atoms with Crippen molar-refractivity contribution in [3.63, 3.8) is 0 Å². The molecular formula is C19H20N2O2S. The van der Waals surface area contributed by atoms with Crippen LogP contribution in [-0.2, 0) is 22.0 Å². The topological polar surface area (TPSA) is 49.4 Å². The van der Waals surface area contributed by atoms with Gasteiger partial charge in [0.15, 0.2) is 0 Å². The molecule has 124 valence electrons. The van der Waals surface area contributed by atoms with Crippen molar-refractivity contribution in [2.75, 3.05) is 4.90 Å². The molecule has 0 amide bonds. The Kier molecular flexibility index (Phi) is 2.92. The van der Waals surface area contributed by atoms with Crippen LogP contribution in [0.3, 0.4) is 0 Å². The molecule has 0 radical (unpaired) electrons. The van der Waals surface area contributed by atoms with E-state index < -0.39 is 10.0 Å². The van der Waals surface area contributed by atoms with Crippen molar-refractivity contribution in [1.82, 2.24) is 4.72 Å². The van der Waals surface area contributed by atoms with Crippen LogP contribution in [0.5, 0.6) is 0 Å². The largest absolute Gasteiger partial charge is 0.349 e. The zero-order chi connectivity index (χ0) is 16.4. The molecule has 2 heterocycles. The third-order valence-electron chi connectivity index (χ3n) is 5.96. The number of para-hydroxylation sites is 1. The van der Waals surface area contributed by atoms with Gasteiger partial charge in [0.2, 0.25) is 10.0 Å². The van der Waals surface area contributed by atoms with Gasteiger partial charge in [-0.2, -0.15) is 4.72 Å². The predicted octanol–water partition coefficient (Wildman–Crippen LogP) is 3.14. The highest BCUT2D eigenvalue weighted by Crippen LogP contribution is 2.52. The van der Waals surface area contributed by atoms with Crippen LogP contribution < -0.4 is 9.62 Å². The van der Waals surface area contributed by atoms with Crippen molar-refractivity contribution in [3.05, 3.63) is 59.7 Å². The minimum atomic E-state index is -3.47. The van der Waals surface area contributed by atoms with Gasteiger partial charge in [-0.05, 0) is 36.1 Å². The molecular weight excluding hydrogens is 320 g/mol. The smallest absolute Gasteiger partial charge is 0.244 e. The molecule has 1 spiro atoms. The standard InChI is InChI=1S/C19H20N2O2S/c22-24(23)17-10-4-3-9-16(17)21-13-14-7-1-2-8-15(14)19(18(21)20-24)11-5-6-12-19/h1-4,7-10,18,20H,5-6,11-13H2. The fourth-order valence-corrected chi connectivity index (χ4v) is 6.44. The zero-order valence-electron chi connectivity index (χ0n) is 13.4. The van der Waals surface area contributed by atoms with Crippen LogP contribution in [0.1, 0.15) is 36.8 Å². The third kappa shape index (κ3) is 1.80. The number of benzene rings is 2. The second kappa shape index (κ2) is 4.83. The van der Waals surface area contributed by atoms with Crippen molar-refractivity contribution in [2.24, 2.45) is 0 Å². The minimum absolute atomic E-state index is 0.116. The monoisotopic (exact) mass is 340 g/mol. The van der Waals surface area contributed by atoms with E-state index in [0.29, 0.717) is 4.90 Å². The van der Waals surface area contributed by atoms with Gasteiger partial charge >= 0.3 is 0 Å². The van der Waals surface area contributed by atoms with Gasteiger partial charge in [0.25, 0.3) is 0 Å². The summed E-state index contributed by atoms with van der Waals surface area (Å²) < 4.78 is 28.7. The van der Waals surface area contributed by atoms with Gasteiger partial charge in [-0.25, -0.2) is 8.42 Å². The molecule has 2 aromatic rings. The first-order valence-corrected chi connectivity index (χ1v) is 10.1. The van der Waals surface area contributed by atoms with Crippen LogP contribution in [0.15, 0.2) is 53.4 Å². The highest BCUT2D eigenvalue weighted by molar-refractivity contribution is 7.89. The number of nitrogens with one attached hydrogen (secondary N) is 1. The Morgan fingerprint density at radius 1 is 1.00 bits per heavy atom. The van der Waals surface area contributed by atoms with Gasteiger partial charge in [0, 0.05) is 12.0 Å². The Labute approximate surface area is 142 Å². The molecule has 5 heteroatoms. The van der Waals surface area contributed by atoms with E-state index in [1.165, 1.54) is 11.1 Å². The Balaban J connectivity index is 1.77. The SMILES string of the molecule is O=S1(=O)NC2N(Cc3ccccc3C23CCCC3)c2ccccc21. The first-order chi connectivity index (χ1) is 11.6. The molecule has 0 saturated heterocycles. The van der Waals surface area contributed by atoms with Gasteiger partial charge < -0.3 is 4.90 Å². The van der Waals surface area contributed by atoms with Crippen LogP contribution in [0, 0.1) is 0 Å². The summed E-state index contributed by atoms with van der Waals surface area (Å²) >= 11 is 0. The van der Waals surface area contributed by atoms with Crippen molar-refractivity contribution in [3.8, 4) is 0 Å². The van der Waals surface area contributed by atoms with Gasteiger partial charge in [0.05, 0.1) is 5.69 Å². The molecule has 1 unspecified atom stereocenters. The van der Waals surface area contributed by atoms with E-state index in [9.17, 15) is 8.42 Å². The maximum absolute atomic E-state index is 12.8. The molecule has 24 heavy (non-hydrogen) atoms. The van der Waals surface area contributed by atoms with E-state index in [4.69, 9.17) is 0 Å². The molecule has 2 aliphatic heterocycles. The zero-order valence-corrected chi connectivity index (χ0v) is 14.2. The van der Waals surface area contributed by atoms with Crippen LogP contribution in [-0.4, -0.2) is 14.6 Å². The molecule has 1 atom stereocenters. The minimum Gasteiger partial charge on any atom is -0.349 e. The Hall–Kier alpha value is -1.85. The summed E-state index contributed by atoms with van der Waals surface area (Å²) in [4.78, 5) is 2.66. The average molecular weight is 340 g/mol. The van der Waals surface area contributed by atoms with Gasteiger partial charge in [-0.1, -0.05) is 49.2 Å². The molecule has 3 aliphatic rings. The van der Waals surface area contributed by atoms with Crippen molar-refractivity contribution >= 4 is 15.7 Å². The van der Waals surface area contributed by atoms with Crippen LogP contribution in [0.4, 0.5) is 5.69 Å². The number of hydrogen-bond donors (Lipinski definition) is 1. The predicted molar refractivity (Wildman–Crippen MR) is 93.3 cm³/mol. The highest BCUT2D eigenvalue weighted by atomic mass is 32.2. The fraction of sp³-hybridized carbons (Fsp3) is 0.368. The molecule has 0 bridgehead atoms. The molecule has 1 N–H and O–H groups in total. The maximum atomic E-state index is 12.8. The maximum Gasteiger partial charge on any atom is 0.244 e. The molecule has 4 nitrogen and oxygen atoms in total. The highest BCUT2D eigenvalue weighted by Gasteiger charge is 2.53. The van der Waals surface area contributed by atoms with E-state index >= 15 is 0 Å². The second-order valence-electron chi connectivity index (χ2n) is 7.14. The Bertz CT molecular complexity index is 916. The lowest BCUT2D eigenvalue weighted by molar-refractivity contribution is 0.289. The van der Waals surface area contributed by atoms with E-state index in [1.807, 2.05) is 12.1 Å².